The zero-order valence-electron chi connectivity index (χ0n) is 48.0. The van der Waals surface area contributed by atoms with Crippen molar-refractivity contribution in [3.63, 3.8) is 0 Å². The van der Waals surface area contributed by atoms with Crippen LogP contribution in [0.2, 0.25) is 0 Å². The molecule has 4 atom stereocenters. The Labute approximate surface area is 509 Å². The highest BCUT2D eigenvalue weighted by atomic mass is 32.2. The smallest absolute Gasteiger partial charge is 0.473 e. The van der Waals surface area contributed by atoms with Crippen molar-refractivity contribution in [2.75, 3.05) is 24.6 Å². The minimum Gasteiger partial charge on any atom is -0.481 e. The summed E-state index contributed by atoms with van der Waals surface area (Å²) in [5.74, 6) is -8.54. The number of aliphatic carboxylic acids is 4. The molecule has 4 aromatic carbocycles. The summed E-state index contributed by atoms with van der Waals surface area (Å²) in [6.07, 6.45) is 4.14. The molecule has 484 valence electrons. The van der Waals surface area contributed by atoms with Crippen LogP contribution in [0.5, 0.6) is 0 Å². The number of nitrogens with zero attached hydrogens (tertiary/aromatic N) is 2. The number of unbranched alkanes of at least 4 members (excludes halogenated alkanes) is 2. The minimum absolute atomic E-state index is 0.00289. The quantitative estimate of drug-likeness (QED) is 0.0106. The highest BCUT2D eigenvalue weighted by Gasteiger charge is 2.47. The lowest BCUT2D eigenvalue weighted by atomic mass is 9.79. The van der Waals surface area contributed by atoms with Gasteiger partial charge in [0.15, 0.2) is 17.9 Å². The van der Waals surface area contributed by atoms with Crippen molar-refractivity contribution >= 4 is 123 Å². The van der Waals surface area contributed by atoms with E-state index in [9.17, 15) is 105 Å². The Kier molecular flexibility index (Phi) is 21.5. The van der Waals surface area contributed by atoms with Gasteiger partial charge in [-0.05, 0) is 105 Å². The fourth-order valence-corrected chi connectivity index (χ4v) is 14.3. The van der Waals surface area contributed by atoms with Crippen LogP contribution in [0.1, 0.15) is 97.1 Å². The van der Waals surface area contributed by atoms with Gasteiger partial charge in [0.05, 0.1) is 21.8 Å². The van der Waals surface area contributed by atoms with E-state index in [1.54, 1.807) is 56.4 Å². The molecule has 4 aromatic rings. The van der Waals surface area contributed by atoms with E-state index in [1.807, 2.05) is 35.6 Å². The normalized spacial score (nSPS) is 17.2. The molecule has 0 radical (unpaired) electrons. The zero-order chi connectivity index (χ0) is 66.7. The number of phosphoric ester groups is 1. The Balaban J connectivity index is 1.21. The van der Waals surface area contributed by atoms with Gasteiger partial charge in [-0.1, -0.05) is 38.1 Å². The number of carbonyl (C=O) groups is 6. The Morgan fingerprint density at radius 2 is 1.17 bits per heavy atom. The molecule has 2 aliphatic heterocycles. The van der Waals surface area contributed by atoms with Gasteiger partial charge in [0, 0.05) is 77.5 Å². The molecule has 0 spiro atoms. The van der Waals surface area contributed by atoms with E-state index in [2.05, 4.69) is 14.4 Å². The predicted molar refractivity (Wildman–Crippen MR) is 314 cm³/mol. The van der Waals surface area contributed by atoms with Crippen LogP contribution in [0.15, 0.2) is 104 Å². The molecule has 11 N–H and O–H groups in total. The zero-order valence-corrected chi connectivity index (χ0v) is 52.1. The first-order valence-electron chi connectivity index (χ1n) is 26.8. The highest BCUT2D eigenvalue weighted by molar-refractivity contribution is 7.87. The topological polar surface area (TPSA) is 487 Å². The van der Waals surface area contributed by atoms with Gasteiger partial charge >= 0.3 is 31.7 Å². The summed E-state index contributed by atoms with van der Waals surface area (Å²) in [5.41, 5.74) is 1.10. The summed E-state index contributed by atoms with van der Waals surface area (Å²) in [7, 11) is -25.5. The number of phosphoric acid groups is 1. The SMILES string of the molecule is CCN1/C(=C/C=C/C=C/C2=[N+](CCCCCC(=O)N[C@@H](CCC(=O)N[C@@H](COP(=O)(O)O[C@@H](CCC(=O)O)C(=O)O)C(=O)O)C(=O)O)c3ccc4c(S(=O)(=O)O)cc(S(=O)(=O)O)cc4c3C2(C)C)C(C)(C)c2c1ccc1c(S(=O)(=O)O)cc(S(=O)(=O)O)cc21. The second kappa shape index (κ2) is 27.0. The lowest BCUT2D eigenvalue weighted by Crippen LogP contribution is -2.45. The maximum absolute atomic E-state index is 13.1. The van der Waals surface area contributed by atoms with Crippen LogP contribution in [0, 0.1) is 0 Å². The van der Waals surface area contributed by atoms with E-state index in [4.69, 9.17) is 5.11 Å². The van der Waals surface area contributed by atoms with Crippen molar-refractivity contribution in [1.29, 1.82) is 0 Å². The van der Waals surface area contributed by atoms with E-state index in [1.165, 1.54) is 12.1 Å². The molecule has 0 bridgehead atoms. The molecule has 2 amide bonds. The third-order valence-corrected chi connectivity index (χ3v) is 19.2. The van der Waals surface area contributed by atoms with Crippen LogP contribution in [0.3, 0.4) is 0 Å². The number of nitrogens with one attached hydrogen (secondary N) is 2. The predicted octanol–water partition coefficient (Wildman–Crippen LogP) is 5.10. The van der Waals surface area contributed by atoms with Crippen LogP contribution >= 0.6 is 7.82 Å². The number of allylic oxidation sites excluding steroid dienone is 6. The first kappa shape index (κ1) is 70.7. The van der Waals surface area contributed by atoms with Gasteiger partial charge < -0.3 is 40.9 Å². The fourth-order valence-electron chi connectivity index (χ4n) is 10.8. The Morgan fingerprint density at radius 3 is 1.69 bits per heavy atom. The number of fused-ring (bicyclic) bond motifs is 6. The number of benzene rings is 4. The molecule has 2 heterocycles. The van der Waals surface area contributed by atoms with Gasteiger partial charge in [0.25, 0.3) is 40.5 Å². The van der Waals surface area contributed by atoms with Gasteiger partial charge in [-0.2, -0.15) is 38.2 Å². The molecular weight excluding hydrogens is 1280 g/mol. The molecule has 2 aliphatic rings. The first-order valence-corrected chi connectivity index (χ1v) is 34.0. The van der Waals surface area contributed by atoms with Gasteiger partial charge in [-0.3, -0.25) is 41.6 Å². The Bertz CT molecular complexity index is 4230. The summed E-state index contributed by atoms with van der Waals surface area (Å²) in [6.45, 7) is 8.31. The van der Waals surface area contributed by atoms with Crippen molar-refractivity contribution in [1.82, 2.24) is 10.6 Å². The van der Waals surface area contributed by atoms with E-state index >= 15 is 0 Å². The Morgan fingerprint density at radius 1 is 0.629 bits per heavy atom. The molecule has 0 aliphatic carbocycles. The van der Waals surface area contributed by atoms with Gasteiger partial charge in [-0.15, -0.1) is 0 Å². The maximum atomic E-state index is 13.1. The van der Waals surface area contributed by atoms with Gasteiger partial charge in [0.1, 0.15) is 22.4 Å². The molecule has 35 heteroatoms. The number of anilines is 1. The van der Waals surface area contributed by atoms with E-state index in [-0.39, 0.29) is 40.9 Å². The second-order valence-corrected chi connectivity index (χ2v) is 28.6. The standard InChI is InChI=1S/C54H63N4O26PS4/c1-6-57-38-19-16-32-34(25-30(86(71,72)73)27-41(32)88(77,78)79)48(38)53(2,3)43(57)13-9-7-10-14-44-54(4,5)49-35-26-31(87(74,75)76)28-42(89(80,81)82)33(35)17-20-39(49)58(44)24-12-8-11-15-45(59)55-36(50(63)64)18-22-46(60)56-37(51(65)66)29-83-85(69,70)84-40(52(67)68)21-23-47(61)62/h7,9-10,13-14,16-17,19-20,25-28,36-37,40H,6,8,11-12,15,18,21-24,29H2,1-5H3,(H10-,55,56,59,60,61,62,63,64,65,66,67,68,69,70,71,72,73,74,75,76,77,78,79,80,81,82)/p+1/t36-,37-,40-/m0/s1. The molecule has 1 unspecified atom stereocenters. The van der Waals surface area contributed by atoms with E-state index in [0.29, 0.717) is 65.4 Å². The third kappa shape index (κ3) is 16.5. The van der Waals surface area contributed by atoms with E-state index in [0.717, 1.165) is 12.1 Å². The van der Waals surface area contributed by atoms with Crippen molar-refractivity contribution in [2.45, 2.75) is 135 Å². The van der Waals surface area contributed by atoms with E-state index < -0.39 is 165 Å². The first-order chi connectivity index (χ1) is 41.0. The molecule has 0 aromatic heterocycles. The van der Waals surface area contributed by atoms with Crippen LogP contribution in [-0.2, 0) is 93.7 Å². The lowest BCUT2D eigenvalue weighted by Gasteiger charge is -2.26. The number of hydrogen-bond donors (Lipinski definition) is 11. The van der Waals surface area contributed by atoms with Crippen LogP contribution in [0.4, 0.5) is 11.4 Å². The maximum Gasteiger partial charge on any atom is 0.473 e. The lowest BCUT2D eigenvalue weighted by molar-refractivity contribution is -0.438. The number of likely N-dealkylation sites (N-methyl/N-ethyl adjacent to an activating group) is 1. The van der Waals surface area contributed by atoms with Crippen LogP contribution < -0.4 is 15.5 Å². The van der Waals surface area contributed by atoms with Gasteiger partial charge in [-0.25, -0.2) is 18.9 Å². The summed E-state index contributed by atoms with van der Waals surface area (Å²) in [5, 5.41) is 41.8. The number of carboxylic acid groups (broad SMARTS) is 4. The number of amides is 2. The summed E-state index contributed by atoms with van der Waals surface area (Å²) in [6, 6.07) is 5.74. The van der Waals surface area contributed by atoms with Crippen molar-refractivity contribution < 1.29 is 124 Å². The van der Waals surface area contributed by atoms with Gasteiger partial charge in [0.2, 0.25) is 17.5 Å². The number of hydrogen-bond acceptors (Lipinski definition) is 18. The average molecular weight is 1340 g/mol. The van der Waals surface area contributed by atoms with Crippen LogP contribution in [0.25, 0.3) is 21.5 Å². The molecule has 0 fully saturated rings. The summed E-state index contributed by atoms with van der Waals surface area (Å²) in [4.78, 5) is 80.7. The number of carbonyl (C=O) groups excluding carboxylic acids is 2. The molecule has 89 heavy (non-hydrogen) atoms. The largest absolute Gasteiger partial charge is 0.481 e. The molecule has 6 rings (SSSR count). The molecule has 0 saturated heterocycles. The average Bonchev–Trinajstić information content (AvgIpc) is 1.64. The third-order valence-electron chi connectivity index (χ3n) is 14.8. The summed E-state index contributed by atoms with van der Waals surface area (Å²) < 4.78 is 164. The molecule has 30 nitrogen and oxygen atoms in total. The van der Waals surface area contributed by atoms with Crippen LogP contribution in [-0.4, -0.2) is 161 Å². The minimum atomic E-state index is -5.36. The number of rotatable bonds is 30. The number of carboxylic acids is 4. The highest BCUT2D eigenvalue weighted by Crippen LogP contribution is 2.52. The molecule has 0 saturated carbocycles. The summed E-state index contributed by atoms with van der Waals surface area (Å²) >= 11 is 0. The molecular formula is C54H64N4O26PS4+. The Hall–Kier alpha value is -7.34. The second-order valence-electron chi connectivity index (χ2n) is 21.6. The van der Waals surface area contributed by atoms with Crippen molar-refractivity contribution in [3.8, 4) is 0 Å². The monoisotopic (exact) mass is 1340 g/mol. The van der Waals surface area contributed by atoms with Crippen molar-refractivity contribution in [3.05, 3.63) is 95.7 Å². The fraction of sp³-hybridized carbons (Fsp3) is 0.389. The van der Waals surface area contributed by atoms with Crippen molar-refractivity contribution in [2.24, 2.45) is 0 Å².